The molecule has 5 rings (SSSR count). The van der Waals surface area contributed by atoms with Gasteiger partial charge in [-0.05, 0) is 60.7 Å². The van der Waals surface area contributed by atoms with E-state index in [9.17, 15) is 23.1 Å². The molecular weight excluding hydrogens is 542 g/mol. The molecule has 10 nitrogen and oxygen atoms in total. The molecule has 4 N–H and O–H groups in total. The number of amidine groups is 1. The van der Waals surface area contributed by atoms with E-state index in [1.165, 1.54) is 12.3 Å². The van der Waals surface area contributed by atoms with Crippen LogP contribution in [0.5, 0.6) is 0 Å². The number of nitrogens with one attached hydrogen (secondary N) is 1. The Kier molecular flexibility index (Phi) is 7.71. The predicted molar refractivity (Wildman–Crippen MR) is 157 cm³/mol. The highest BCUT2D eigenvalue weighted by Crippen LogP contribution is 2.34. The molecule has 0 radical (unpaired) electrons. The molecule has 0 aliphatic carbocycles. The Morgan fingerprint density at radius 3 is 2.54 bits per heavy atom. The van der Waals surface area contributed by atoms with Crippen molar-refractivity contribution in [2.75, 3.05) is 22.3 Å². The summed E-state index contributed by atoms with van der Waals surface area (Å²) in [7, 11) is -4.29. The quantitative estimate of drug-likeness (QED) is 0.204. The number of hydrogen-bond acceptors (Lipinski definition) is 6. The first-order chi connectivity index (χ1) is 19.6. The molecule has 1 aromatic heterocycles. The molecule has 3 aromatic carbocycles. The van der Waals surface area contributed by atoms with Gasteiger partial charge in [-0.1, -0.05) is 42.5 Å². The van der Waals surface area contributed by atoms with Crippen molar-refractivity contribution in [3.63, 3.8) is 0 Å². The smallest absolute Gasteiger partial charge is 0.324 e. The maximum absolute atomic E-state index is 13.8. The van der Waals surface area contributed by atoms with Crippen LogP contribution in [0.2, 0.25) is 0 Å². The molecule has 1 amide bonds. The van der Waals surface area contributed by atoms with Crippen LogP contribution in [0.4, 0.5) is 11.4 Å². The fraction of sp³-hybridized carbons (Fsp3) is 0.200. The molecule has 0 saturated carbocycles. The number of fused-ring (bicyclic) bond motifs is 2. The van der Waals surface area contributed by atoms with Gasteiger partial charge in [-0.3, -0.25) is 24.3 Å². The summed E-state index contributed by atoms with van der Waals surface area (Å²) in [6, 6.07) is 20.3. The van der Waals surface area contributed by atoms with Gasteiger partial charge in [-0.15, -0.1) is 0 Å². The van der Waals surface area contributed by atoms with E-state index >= 15 is 0 Å². The highest BCUT2D eigenvalue weighted by molar-refractivity contribution is 7.93. The largest absolute Gasteiger partial charge is 0.480 e. The van der Waals surface area contributed by atoms with Gasteiger partial charge < -0.3 is 15.7 Å². The van der Waals surface area contributed by atoms with E-state index in [0.717, 1.165) is 15.4 Å². The van der Waals surface area contributed by atoms with Crippen molar-refractivity contribution < 1.29 is 23.1 Å². The number of carbonyl (C=O) groups excluding carboxylic acids is 1. The van der Waals surface area contributed by atoms with Crippen LogP contribution in [-0.2, 0) is 32.5 Å². The number of sulfonamides is 1. The van der Waals surface area contributed by atoms with Gasteiger partial charge in [-0.2, -0.15) is 0 Å². The lowest BCUT2D eigenvalue weighted by Gasteiger charge is -2.31. The van der Waals surface area contributed by atoms with E-state index in [2.05, 4.69) is 4.98 Å². The second-order valence-electron chi connectivity index (χ2n) is 9.81. The Bertz CT molecular complexity index is 1750. The Morgan fingerprint density at radius 2 is 1.80 bits per heavy atom. The number of aryl methyl sites for hydroxylation is 2. The van der Waals surface area contributed by atoms with Crippen LogP contribution in [0.1, 0.15) is 29.5 Å². The molecule has 0 bridgehead atoms. The lowest BCUT2D eigenvalue weighted by molar-refractivity contribution is -0.135. The minimum Gasteiger partial charge on any atom is -0.480 e. The van der Waals surface area contributed by atoms with Gasteiger partial charge in [-0.25, -0.2) is 8.42 Å². The number of carboxylic acid groups (broad SMARTS) is 1. The highest BCUT2D eigenvalue weighted by atomic mass is 32.2. The van der Waals surface area contributed by atoms with Gasteiger partial charge in [0.2, 0.25) is 5.91 Å². The van der Waals surface area contributed by atoms with Crippen LogP contribution < -0.4 is 14.9 Å². The van der Waals surface area contributed by atoms with E-state index in [-0.39, 0.29) is 34.3 Å². The van der Waals surface area contributed by atoms with Crippen LogP contribution in [0.25, 0.3) is 10.9 Å². The minimum atomic E-state index is -4.29. The molecule has 210 valence electrons. The van der Waals surface area contributed by atoms with Crippen molar-refractivity contribution in [2.45, 2.75) is 30.6 Å². The van der Waals surface area contributed by atoms with Crippen LogP contribution >= 0.6 is 0 Å². The van der Waals surface area contributed by atoms with Crippen molar-refractivity contribution in [1.82, 2.24) is 4.98 Å². The summed E-state index contributed by atoms with van der Waals surface area (Å²) in [6.45, 7) is -0.233. The highest BCUT2D eigenvalue weighted by Gasteiger charge is 2.31. The summed E-state index contributed by atoms with van der Waals surface area (Å²) in [5.74, 6) is -1.38. The molecule has 41 heavy (non-hydrogen) atoms. The third-order valence-corrected chi connectivity index (χ3v) is 8.91. The molecular formula is C30H29N5O5S. The number of nitrogen functional groups attached to an aromatic ring is 1. The molecule has 0 spiro atoms. The minimum absolute atomic E-state index is 0.0135. The molecule has 4 aromatic rings. The number of carbonyl (C=O) groups is 2. The number of nitrogens with zero attached hydrogens (tertiary/aromatic N) is 3. The normalized spacial score (nSPS) is 13.0. The van der Waals surface area contributed by atoms with E-state index < -0.39 is 22.5 Å². The lowest BCUT2D eigenvalue weighted by Crippen LogP contribution is -2.37. The number of para-hydroxylation sites is 1. The van der Waals surface area contributed by atoms with Crippen molar-refractivity contribution in [3.05, 3.63) is 95.7 Å². The van der Waals surface area contributed by atoms with Gasteiger partial charge in [0, 0.05) is 35.8 Å². The van der Waals surface area contributed by atoms with Gasteiger partial charge in [0.25, 0.3) is 10.0 Å². The molecule has 11 heteroatoms. The first-order valence-corrected chi connectivity index (χ1v) is 14.5. The summed E-state index contributed by atoms with van der Waals surface area (Å²) < 4.78 is 28.6. The van der Waals surface area contributed by atoms with Gasteiger partial charge in [0.1, 0.15) is 17.3 Å². The molecule has 1 aliphatic rings. The number of rotatable bonds is 9. The van der Waals surface area contributed by atoms with Crippen LogP contribution in [-0.4, -0.2) is 49.3 Å². The number of anilines is 2. The summed E-state index contributed by atoms with van der Waals surface area (Å²) in [5, 5.41) is 17.8. The molecule has 0 fully saturated rings. The van der Waals surface area contributed by atoms with Gasteiger partial charge in [0.15, 0.2) is 0 Å². The summed E-state index contributed by atoms with van der Waals surface area (Å²) >= 11 is 0. The number of amides is 1. The van der Waals surface area contributed by atoms with Crippen molar-refractivity contribution >= 4 is 50.0 Å². The van der Waals surface area contributed by atoms with Crippen molar-refractivity contribution in [2.24, 2.45) is 5.73 Å². The van der Waals surface area contributed by atoms with Crippen LogP contribution in [0.3, 0.4) is 0 Å². The molecule has 0 unspecified atom stereocenters. The third kappa shape index (κ3) is 5.75. The third-order valence-electron chi connectivity index (χ3n) is 7.11. The van der Waals surface area contributed by atoms with Gasteiger partial charge in [0.05, 0.1) is 11.2 Å². The zero-order valence-corrected chi connectivity index (χ0v) is 23.0. The number of nitrogens with two attached hydrogens (primary N) is 1. The van der Waals surface area contributed by atoms with Gasteiger partial charge >= 0.3 is 5.97 Å². The van der Waals surface area contributed by atoms with E-state index in [1.54, 1.807) is 59.5 Å². The number of carboxylic acids is 1. The van der Waals surface area contributed by atoms with E-state index in [1.807, 2.05) is 12.1 Å². The van der Waals surface area contributed by atoms with E-state index in [4.69, 9.17) is 11.1 Å². The Morgan fingerprint density at radius 1 is 1.05 bits per heavy atom. The molecule has 2 heterocycles. The number of aromatic nitrogens is 1. The fourth-order valence-corrected chi connectivity index (χ4v) is 6.65. The topological polar surface area (TPSA) is 158 Å². The summed E-state index contributed by atoms with van der Waals surface area (Å²) in [6.07, 6.45) is 3.60. The summed E-state index contributed by atoms with van der Waals surface area (Å²) in [4.78, 5) is 30.9. The van der Waals surface area contributed by atoms with Crippen LogP contribution in [0, 0.1) is 5.41 Å². The maximum atomic E-state index is 13.8. The van der Waals surface area contributed by atoms with Crippen molar-refractivity contribution in [1.29, 1.82) is 5.41 Å². The number of hydrogen-bond donors (Lipinski definition) is 3. The Balaban J connectivity index is 1.42. The SMILES string of the molecule is N=C(N)c1ccc(CCC(=O)N2CCCc3cc(N(CC(=O)O)S(=O)(=O)c4cccc5cccnc45)ccc32)cc1. The average molecular weight is 572 g/mol. The number of benzene rings is 3. The fourth-order valence-electron chi connectivity index (χ4n) is 5.08. The zero-order valence-electron chi connectivity index (χ0n) is 22.2. The Labute approximate surface area is 237 Å². The number of pyridine rings is 1. The summed E-state index contributed by atoms with van der Waals surface area (Å²) in [5.41, 5.74) is 9.02. The molecule has 1 aliphatic heterocycles. The predicted octanol–water partition coefficient (Wildman–Crippen LogP) is 3.71. The maximum Gasteiger partial charge on any atom is 0.324 e. The van der Waals surface area contributed by atoms with Crippen molar-refractivity contribution in [3.8, 4) is 0 Å². The average Bonchev–Trinajstić information content (AvgIpc) is 2.97. The second-order valence-corrected chi connectivity index (χ2v) is 11.6. The molecule has 0 saturated heterocycles. The molecule has 0 atom stereocenters. The second kappa shape index (κ2) is 11.4. The number of aliphatic carboxylic acids is 1. The lowest BCUT2D eigenvalue weighted by atomic mass is 9.99. The van der Waals surface area contributed by atoms with Crippen LogP contribution in [0.15, 0.2) is 83.9 Å². The zero-order chi connectivity index (χ0) is 29.1. The first-order valence-electron chi connectivity index (χ1n) is 13.1. The Hall–Kier alpha value is -4.77. The standard InChI is InChI=1S/C30H29N5O5S/c31-30(32)22-11-8-20(9-12-22)10-15-27(36)34-17-3-6-23-18-24(13-14-25(23)34)35(19-28(37)38)41(39,40)26-7-1-4-21-5-2-16-33-29(21)26/h1-2,4-5,7-9,11-14,16,18H,3,6,10,15,17,19H2,(H3,31,32)(H,37,38). The van der Waals surface area contributed by atoms with E-state index in [0.29, 0.717) is 42.4 Å². The monoisotopic (exact) mass is 571 g/mol. The first kappa shape index (κ1) is 27.8.